The molecule has 6 heteroatoms. The zero-order valence-electron chi connectivity index (χ0n) is 10.9. The Morgan fingerprint density at radius 2 is 2.11 bits per heavy atom. The van der Waals surface area contributed by atoms with E-state index in [0.717, 1.165) is 17.6 Å². The Kier molecular flexibility index (Phi) is 4.54. The monoisotopic (exact) mass is 299 g/mol. The average molecular weight is 299 g/mol. The molecule has 0 fully saturated rings. The maximum absolute atomic E-state index is 12.2. The summed E-state index contributed by atoms with van der Waals surface area (Å²) in [4.78, 5) is 0. The molecule has 0 saturated carbocycles. The highest BCUT2D eigenvalue weighted by Crippen LogP contribution is 2.22. The third kappa shape index (κ3) is 3.52. The number of sulfonamides is 1. The van der Waals surface area contributed by atoms with Gasteiger partial charge >= 0.3 is 0 Å². The normalized spacial score (nSPS) is 13.8. The molecule has 104 valence electrons. The second-order valence-corrected chi connectivity index (χ2v) is 7.04. The summed E-state index contributed by atoms with van der Waals surface area (Å²) in [5.74, 6) is 0.920. The van der Waals surface area contributed by atoms with Gasteiger partial charge in [0.15, 0.2) is 0 Å². The van der Waals surface area contributed by atoms with Crippen molar-refractivity contribution in [1.82, 2.24) is 4.72 Å². The second-order valence-electron chi connectivity index (χ2n) is 4.41. The predicted molar refractivity (Wildman–Crippen MR) is 79.0 cm³/mol. The van der Waals surface area contributed by atoms with Gasteiger partial charge in [0.1, 0.15) is 5.58 Å². The van der Waals surface area contributed by atoms with E-state index in [4.69, 9.17) is 4.42 Å². The van der Waals surface area contributed by atoms with Crippen LogP contribution in [0.15, 0.2) is 39.8 Å². The molecule has 0 radical (unpaired) electrons. The summed E-state index contributed by atoms with van der Waals surface area (Å²) in [6.07, 6.45) is 2.79. The third-order valence-electron chi connectivity index (χ3n) is 2.78. The fourth-order valence-corrected chi connectivity index (χ4v) is 3.60. The molecular formula is C13H17NO3S2. The third-order valence-corrected chi connectivity index (χ3v) is 4.87. The molecule has 4 nitrogen and oxygen atoms in total. The highest BCUT2D eigenvalue weighted by molar-refractivity contribution is 7.98. The Bertz CT molecular complexity index is 616. The summed E-state index contributed by atoms with van der Waals surface area (Å²) < 4.78 is 32.3. The lowest BCUT2D eigenvalue weighted by atomic mass is 10.3. The lowest BCUT2D eigenvalue weighted by Gasteiger charge is -2.11. The topological polar surface area (TPSA) is 59.3 Å². The van der Waals surface area contributed by atoms with Crippen molar-refractivity contribution in [2.75, 3.05) is 12.0 Å². The largest absolute Gasteiger partial charge is 0.443 e. The first-order chi connectivity index (χ1) is 9.03. The van der Waals surface area contributed by atoms with E-state index in [2.05, 4.69) is 4.72 Å². The highest BCUT2D eigenvalue weighted by Gasteiger charge is 2.21. The van der Waals surface area contributed by atoms with Gasteiger partial charge < -0.3 is 4.42 Å². The molecule has 1 atom stereocenters. The Morgan fingerprint density at radius 3 is 2.79 bits per heavy atom. The van der Waals surface area contributed by atoms with E-state index in [1.807, 2.05) is 31.4 Å². The molecule has 0 aliphatic rings. The van der Waals surface area contributed by atoms with Gasteiger partial charge in [-0.15, -0.1) is 0 Å². The Morgan fingerprint density at radius 1 is 1.37 bits per heavy atom. The first-order valence-corrected chi connectivity index (χ1v) is 8.90. The van der Waals surface area contributed by atoms with E-state index in [-0.39, 0.29) is 11.1 Å². The minimum atomic E-state index is -3.58. The lowest BCUT2D eigenvalue weighted by molar-refractivity contribution is 0.469. The minimum absolute atomic E-state index is 0.0234. The van der Waals surface area contributed by atoms with Crippen molar-refractivity contribution in [1.29, 1.82) is 0 Å². The van der Waals surface area contributed by atoms with E-state index < -0.39 is 10.0 Å². The number of nitrogens with one attached hydrogen (secondary N) is 1. The van der Waals surface area contributed by atoms with Gasteiger partial charge in [-0.1, -0.05) is 18.2 Å². The minimum Gasteiger partial charge on any atom is -0.443 e. The van der Waals surface area contributed by atoms with Crippen LogP contribution in [0.3, 0.4) is 0 Å². The summed E-state index contributed by atoms with van der Waals surface area (Å²) in [5.41, 5.74) is 0.583. The van der Waals surface area contributed by atoms with E-state index in [0.29, 0.717) is 5.58 Å². The summed E-state index contributed by atoms with van der Waals surface area (Å²) >= 11 is 1.70. The maximum Gasteiger partial charge on any atom is 0.274 e. The molecule has 2 aromatic rings. The highest BCUT2D eigenvalue weighted by atomic mass is 32.2. The number of para-hydroxylation sites is 1. The molecular weight excluding hydrogens is 282 g/mol. The molecule has 0 aliphatic heterocycles. The van der Waals surface area contributed by atoms with Crippen LogP contribution < -0.4 is 4.72 Å². The van der Waals surface area contributed by atoms with Crippen LogP contribution in [0.4, 0.5) is 0 Å². The fraction of sp³-hybridized carbons (Fsp3) is 0.385. The summed E-state index contributed by atoms with van der Waals surface area (Å²) in [7, 11) is -3.58. The van der Waals surface area contributed by atoms with Gasteiger partial charge in [0, 0.05) is 17.5 Å². The number of benzene rings is 1. The zero-order chi connectivity index (χ0) is 13.9. The van der Waals surface area contributed by atoms with Crippen LogP contribution in [0.2, 0.25) is 0 Å². The van der Waals surface area contributed by atoms with Gasteiger partial charge in [-0.2, -0.15) is 11.8 Å². The molecule has 0 saturated heterocycles. The molecule has 0 aliphatic carbocycles. The Hall–Kier alpha value is -0.980. The summed E-state index contributed by atoms with van der Waals surface area (Å²) in [6, 6.07) is 8.70. The van der Waals surface area contributed by atoms with Crippen molar-refractivity contribution in [3.05, 3.63) is 30.3 Å². The molecule has 1 aromatic carbocycles. The van der Waals surface area contributed by atoms with Gasteiger partial charge in [-0.3, -0.25) is 0 Å². The summed E-state index contributed by atoms with van der Waals surface area (Å²) in [6.45, 7) is 1.86. The smallest absolute Gasteiger partial charge is 0.274 e. The SMILES string of the molecule is CSCC[C@@H](C)NS(=O)(=O)c1cc2ccccc2o1. The number of hydrogen-bond acceptors (Lipinski definition) is 4. The van der Waals surface area contributed by atoms with E-state index in [1.165, 1.54) is 0 Å². The quantitative estimate of drug-likeness (QED) is 0.891. The van der Waals surface area contributed by atoms with E-state index in [1.54, 1.807) is 23.9 Å². The molecule has 19 heavy (non-hydrogen) atoms. The summed E-state index contributed by atoms with van der Waals surface area (Å²) in [5, 5.41) is 0.768. The number of thioether (sulfide) groups is 1. The fourth-order valence-electron chi connectivity index (χ4n) is 1.77. The average Bonchev–Trinajstić information content (AvgIpc) is 2.80. The van der Waals surface area contributed by atoms with Crippen molar-refractivity contribution in [2.45, 2.75) is 24.5 Å². The van der Waals surface area contributed by atoms with Crippen LogP contribution in [-0.4, -0.2) is 26.5 Å². The molecule has 1 heterocycles. The van der Waals surface area contributed by atoms with Gasteiger partial charge in [0.05, 0.1) is 0 Å². The van der Waals surface area contributed by atoms with Crippen molar-refractivity contribution in [3.8, 4) is 0 Å². The van der Waals surface area contributed by atoms with Crippen LogP contribution in [0.1, 0.15) is 13.3 Å². The van der Waals surface area contributed by atoms with Gasteiger partial charge in [0.2, 0.25) is 5.09 Å². The molecule has 2 rings (SSSR count). The standard InChI is InChI=1S/C13H17NO3S2/c1-10(7-8-18-2)14-19(15,16)13-9-11-5-3-4-6-12(11)17-13/h3-6,9-10,14H,7-8H2,1-2H3/t10-/m1/s1. The zero-order valence-corrected chi connectivity index (χ0v) is 12.6. The van der Waals surface area contributed by atoms with Crippen LogP contribution >= 0.6 is 11.8 Å². The van der Waals surface area contributed by atoms with Crippen LogP contribution in [0.25, 0.3) is 11.0 Å². The number of furan rings is 1. The Labute approximate surface area is 117 Å². The van der Waals surface area contributed by atoms with Gasteiger partial charge in [0.25, 0.3) is 10.0 Å². The van der Waals surface area contributed by atoms with Crippen LogP contribution in [0, 0.1) is 0 Å². The van der Waals surface area contributed by atoms with Crippen molar-refractivity contribution in [2.24, 2.45) is 0 Å². The Balaban J connectivity index is 2.19. The molecule has 0 bridgehead atoms. The van der Waals surface area contributed by atoms with Crippen molar-refractivity contribution >= 4 is 32.8 Å². The lowest BCUT2D eigenvalue weighted by Crippen LogP contribution is -2.32. The number of rotatable bonds is 6. The van der Waals surface area contributed by atoms with Crippen LogP contribution in [0.5, 0.6) is 0 Å². The number of fused-ring (bicyclic) bond motifs is 1. The molecule has 0 spiro atoms. The molecule has 1 aromatic heterocycles. The van der Waals surface area contributed by atoms with E-state index >= 15 is 0 Å². The molecule has 0 amide bonds. The van der Waals surface area contributed by atoms with E-state index in [9.17, 15) is 8.42 Å². The van der Waals surface area contributed by atoms with Gasteiger partial charge in [-0.25, -0.2) is 13.1 Å². The first-order valence-electron chi connectivity index (χ1n) is 6.03. The predicted octanol–water partition coefficient (Wildman–Crippen LogP) is 2.85. The van der Waals surface area contributed by atoms with Crippen molar-refractivity contribution in [3.63, 3.8) is 0 Å². The number of hydrogen-bond donors (Lipinski definition) is 1. The maximum atomic E-state index is 12.2. The van der Waals surface area contributed by atoms with Gasteiger partial charge in [-0.05, 0) is 31.4 Å². The van der Waals surface area contributed by atoms with Crippen LogP contribution in [-0.2, 0) is 10.0 Å². The second kappa shape index (κ2) is 5.98. The molecule has 1 N–H and O–H groups in total. The van der Waals surface area contributed by atoms with Crippen molar-refractivity contribution < 1.29 is 12.8 Å². The first kappa shape index (κ1) is 14.4. The molecule has 0 unspecified atom stereocenters.